The van der Waals surface area contributed by atoms with Gasteiger partial charge in [-0.15, -0.1) is 0 Å². The summed E-state index contributed by atoms with van der Waals surface area (Å²) in [6.45, 7) is 2.67. The van der Waals surface area contributed by atoms with Crippen LogP contribution in [0.1, 0.15) is 24.0 Å². The van der Waals surface area contributed by atoms with E-state index < -0.39 is 0 Å². The Balaban J connectivity index is 0.000000602. The summed E-state index contributed by atoms with van der Waals surface area (Å²) in [6, 6.07) is 10.3. The van der Waals surface area contributed by atoms with Gasteiger partial charge in [-0.05, 0) is 36.1 Å². The largest absolute Gasteiger partial charge is 2.00 e. The molecular formula is C24H32CuN2O6. The van der Waals surface area contributed by atoms with Crippen molar-refractivity contribution in [3.8, 4) is 23.0 Å². The van der Waals surface area contributed by atoms with Crippen LogP contribution in [-0.2, 0) is 26.5 Å². The van der Waals surface area contributed by atoms with E-state index in [4.69, 9.17) is 18.9 Å². The van der Waals surface area contributed by atoms with Crippen LogP contribution in [0.2, 0.25) is 0 Å². The van der Waals surface area contributed by atoms with Crippen LogP contribution in [-0.4, -0.2) is 67.2 Å². The van der Waals surface area contributed by atoms with E-state index in [0.717, 1.165) is 12.8 Å². The van der Waals surface area contributed by atoms with Crippen molar-refractivity contribution >= 4 is 12.4 Å². The Labute approximate surface area is 206 Å². The van der Waals surface area contributed by atoms with Crippen molar-refractivity contribution in [1.82, 2.24) is 0 Å². The zero-order chi connectivity index (χ0) is 23.6. The Morgan fingerprint density at radius 1 is 0.697 bits per heavy atom. The molecule has 0 spiro atoms. The number of methoxy groups -OCH3 is 4. The van der Waals surface area contributed by atoms with Gasteiger partial charge in [0.1, 0.15) is 11.5 Å². The smallest absolute Gasteiger partial charge is 0.870 e. The van der Waals surface area contributed by atoms with Crippen molar-refractivity contribution in [2.24, 2.45) is 9.98 Å². The van der Waals surface area contributed by atoms with Gasteiger partial charge in [0.15, 0.2) is 0 Å². The van der Waals surface area contributed by atoms with Gasteiger partial charge in [-0.3, -0.25) is 9.98 Å². The summed E-state index contributed by atoms with van der Waals surface area (Å²) in [5, 5.41) is 23.4. The molecule has 8 nitrogen and oxygen atoms in total. The van der Waals surface area contributed by atoms with Gasteiger partial charge in [0.05, 0.1) is 14.2 Å². The summed E-state index contributed by atoms with van der Waals surface area (Å²) in [7, 11) is 6.27. The third-order valence-electron chi connectivity index (χ3n) is 4.19. The maximum Gasteiger partial charge on any atom is 2.00 e. The van der Waals surface area contributed by atoms with Gasteiger partial charge in [0.2, 0.25) is 0 Å². The fourth-order valence-corrected chi connectivity index (χ4v) is 2.52. The SMILES string of the molecule is COCCCN=Cc1cccc(OC)c1[O-].COCCCN=Cc1cccc(OC)c1[O-].[Cu+2]. The molecule has 0 heterocycles. The van der Waals surface area contributed by atoms with Gasteiger partial charge in [-0.25, -0.2) is 0 Å². The summed E-state index contributed by atoms with van der Waals surface area (Å²) in [5.41, 5.74) is 1.11. The fourth-order valence-electron chi connectivity index (χ4n) is 2.52. The van der Waals surface area contributed by atoms with Crippen LogP contribution in [0, 0.1) is 0 Å². The van der Waals surface area contributed by atoms with Crippen LogP contribution in [0.25, 0.3) is 0 Å². The molecule has 0 atom stereocenters. The van der Waals surface area contributed by atoms with Gasteiger partial charge in [0, 0.05) is 53.0 Å². The van der Waals surface area contributed by atoms with E-state index in [1.807, 2.05) is 0 Å². The average molecular weight is 508 g/mol. The summed E-state index contributed by atoms with van der Waals surface area (Å²) in [4.78, 5) is 8.31. The molecule has 0 aliphatic heterocycles. The number of nitrogens with zero attached hydrogens (tertiary/aromatic N) is 2. The molecule has 9 heteroatoms. The van der Waals surface area contributed by atoms with Gasteiger partial charge < -0.3 is 29.2 Å². The van der Waals surface area contributed by atoms with Gasteiger partial charge >= 0.3 is 17.1 Å². The van der Waals surface area contributed by atoms with Crippen molar-refractivity contribution in [1.29, 1.82) is 0 Å². The second kappa shape index (κ2) is 18.9. The molecule has 0 fully saturated rings. The average Bonchev–Trinajstić information content (AvgIpc) is 2.81. The van der Waals surface area contributed by atoms with E-state index in [2.05, 4.69) is 9.98 Å². The third-order valence-corrected chi connectivity index (χ3v) is 4.19. The predicted octanol–water partition coefficient (Wildman–Crippen LogP) is 2.45. The van der Waals surface area contributed by atoms with Gasteiger partial charge in [0.25, 0.3) is 0 Å². The van der Waals surface area contributed by atoms with E-state index in [1.54, 1.807) is 63.0 Å². The number of benzene rings is 2. The number of ether oxygens (including phenoxy) is 4. The summed E-state index contributed by atoms with van der Waals surface area (Å²) >= 11 is 0. The molecule has 2 aromatic carbocycles. The number of para-hydroxylation sites is 2. The molecule has 2 aromatic rings. The number of hydrogen-bond donors (Lipinski definition) is 0. The molecule has 0 amide bonds. The first-order valence-electron chi connectivity index (χ1n) is 10.2. The van der Waals surface area contributed by atoms with Crippen molar-refractivity contribution < 1.29 is 46.2 Å². The Kier molecular flexibility index (Phi) is 17.5. The molecule has 0 unspecified atom stereocenters. The molecule has 0 aliphatic carbocycles. The number of aliphatic imine (C=N–C) groups is 2. The molecule has 0 aromatic heterocycles. The Bertz CT molecular complexity index is 776. The molecule has 1 radical (unpaired) electrons. The minimum Gasteiger partial charge on any atom is -0.870 e. The second-order valence-corrected chi connectivity index (χ2v) is 6.52. The Morgan fingerprint density at radius 3 is 1.42 bits per heavy atom. The maximum atomic E-state index is 11.7. The molecule has 0 saturated carbocycles. The summed E-state index contributed by atoms with van der Waals surface area (Å²) in [5.74, 6) is 0.447. The van der Waals surface area contributed by atoms with Gasteiger partial charge in [-0.1, -0.05) is 35.8 Å². The van der Waals surface area contributed by atoms with Crippen LogP contribution in [0.4, 0.5) is 0 Å². The molecule has 0 aliphatic rings. The first-order chi connectivity index (χ1) is 15.6. The first kappa shape index (κ1) is 30.4. The molecule has 0 bridgehead atoms. The van der Waals surface area contributed by atoms with Crippen molar-refractivity contribution in [3.63, 3.8) is 0 Å². The minimum absolute atomic E-state index is 0. The van der Waals surface area contributed by atoms with Crippen molar-refractivity contribution in [2.75, 3.05) is 54.7 Å². The molecule has 185 valence electrons. The van der Waals surface area contributed by atoms with Crippen LogP contribution in [0.5, 0.6) is 23.0 Å². The van der Waals surface area contributed by atoms with Crippen LogP contribution < -0.4 is 19.7 Å². The number of rotatable bonds is 12. The van der Waals surface area contributed by atoms with Crippen LogP contribution in [0.15, 0.2) is 46.4 Å². The topological polar surface area (TPSA) is 108 Å². The van der Waals surface area contributed by atoms with E-state index in [9.17, 15) is 10.2 Å². The Hall–Kier alpha value is -2.58. The molecular weight excluding hydrogens is 476 g/mol. The summed E-state index contributed by atoms with van der Waals surface area (Å²) < 4.78 is 19.7. The third kappa shape index (κ3) is 11.7. The van der Waals surface area contributed by atoms with E-state index in [-0.39, 0.29) is 28.6 Å². The van der Waals surface area contributed by atoms with Crippen LogP contribution in [0.3, 0.4) is 0 Å². The van der Waals surface area contributed by atoms with Crippen LogP contribution >= 0.6 is 0 Å². The standard InChI is InChI=1S/2C12H17NO3.Cu/c2*1-15-8-4-7-13-9-10-5-3-6-11(16-2)12(10)14;/h2*3,5-6,9,14H,4,7-8H2,1-2H3;/q;;+2/p-2. The van der Waals surface area contributed by atoms with E-state index in [1.165, 1.54) is 14.2 Å². The normalized spacial score (nSPS) is 10.5. The molecule has 0 saturated heterocycles. The number of hydrogen-bond acceptors (Lipinski definition) is 8. The molecule has 0 N–H and O–H groups in total. The monoisotopic (exact) mass is 507 g/mol. The van der Waals surface area contributed by atoms with Gasteiger partial charge in [-0.2, -0.15) is 0 Å². The summed E-state index contributed by atoms with van der Waals surface area (Å²) in [6.07, 6.45) is 4.87. The Morgan fingerprint density at radius 2 is 1.09 bits per heavy atom. The second-order valence-electron chi connectivity index (χ2n) is 6.52. The predicted molar refractivity (Wildman–Crippen MR) is 123 cm³/mol. The quantitative estimate of drug-likeness (QED) is 0.248. The minimum atomic E-state index is -0.125. The van der Waals surface area contributed by atoms with E-state index in [0.29, 0.717) is 48.9 Å². The zero-order valence-corrected chi connectivity index (χ0v) is 20.4. The maximum absolute atomic E-state index is 11.7. The fraction of sp³-hybridized carbons (Fsp3) is 0.417. The van der Waals surface area contributed by atoms with E-state index >= 15 is 0 Å². The first-order valence-corrected chi connectivity index (χ1v) is 10.2. The van der Waals surface area contributed by atoms with Crippen molar-refractivity contribution in [2.45, 2.75) is 12.8 Å². The van der Waals surface area contributed by atoms with Crippen molar-refractivity contribution in [3.05, 3.63) is 47.5 Å². The molecule has 33 heavy (non-hydrogen) atoms. The zero-order valence-electron chi connectivity index (χ0n) is 19.5. The molecule has 2 rings (SSSR count).